The van der Waals surface area contributed by atoms with Crippen LogP contribution in [0.2, 0.25) is 0 Å². The van der Waals surface area contributed by atoms with Gasteiger partial charge in [-0.05, 0) is 63.6 Å². The van der Waals surface area contributed by atoms with Gasteiger partial charge in [0.1, 0.15) is 11.4 Å². The van der Waals surface area contributed by atoms with Crippen LogP contribution in [0.3, 0.4) is 0 Å². The van der Waals surface area contributed by atoms with Crippen LogP contribution in [0.5, 0.6) is 0 Å². The van der Waals surface area contributed by atoms with E-state index >= 15 is 0 Å². The zero-order valence-electron chi connectivity index (χ0n) is 13.1. The van der Waals surface area contributed by atoms with Gasteiger partial charge in [0.05, 0.1) is 7.11 Å². The Bertz CT molecular complexity index is 450. The first kappa shape index (κ1) is 18.0. The van der Waals surface area contributed by atoms with Crippen molar-refractivity contribution >= 4 is 17.7 Å². The van der Waals surface area contributed by atoms with E-state index in [-0.39, 0.29) is 17.8 Å². The van der Waals surface area contributed by atoms with Crippen molar-refractivity contribution in [3.63, 3.8) is 0 Å². The molecular weight excluding hydrogens is 289 g/mol. The second kappa shape index (κ2) is 8.39. The lowest BCUT2D eigenvalue weighted by Crippen LogP contribution is -2.53. The highest BCUT2D eigenvalue weighted by atomic mass is 32.2. The Morgan fingerprint density at radius 2 is 2.00 bits per heavy atom. The van der Waals surface area contributed by atoms with Gasteiger partial charge in [0, 0.05) is 10.9 Å². The summed E-state index contributed by atoms with van der Waals surface area (Å²) in [5, 5.41) is 3.28. The normalized spacial score (nSPS) is 14.0. The molecule has 0 aliphatic heterocycles. The summed E-state index contributed by atoms with van der Waals surface area (Å²) in [6, 6.07) is 6.67. The van der Waals surface area contributed by atoms with Crippen LogP contribution in [0.25, 0.3) is 0 Å². The minimum atomic E-state index is -0.660. The van der Waals surface area contributed by atoms with E-state index < -0.39 is 5.54 Å². The number of halogens is 1. The number of methoxy groups -OCH3 is 1. The van der Waals surface area contributed by atoms with Crippen molar-refractivity contribution in [2.45, 2.75) is 50.1 Å². The molecule has 0 saturated heterocycles. The van der Waals surface area contributed by atoms with Gasteiger partial charge < -0.3 is 4.74 Å². The second-order valence-corrected chi connectivity index (χ2v) is 6.70. The molecule has 5 heteroatoms. The van der Waals surface area contributed by atoms with Gasteiger partial charge in [-0.15, -0.1) is 11.8 Å². The number of benzene rings is 1. The molecule has 1 aromatic carbocycles. The lowest BCUT2D eigenvalue weighted by molar-refractivity contribution is -0.148. The van der Waals surface area contributed by atoms with E-state index in [0.29, 0.717) is 6.42 Å². The fraction of sp³-hybridized carbons (Fsp3) is 0.562. The van der Waals surface area contributed by atoms with Crippen molar-refractivity contribution in [1.82, 2.24) is 5.32 Å². The molecule has 0 amide bonds. The molecule has 0 bridgehead atoms. The topological polar surface area (TPSA) is 38.3 Å². The number of thioether (sulfide) groups is 1. The highest BCUT2D eigenvalue weighted by Gasteiger charge is 2.33. The molecule has 0 aromatic heterocycles. The van der Waals surface area contributed by atoms with Gasteiger partial charge in [-0.2, -0.15) is 0 Å². The standard InChI is InChI=1S/C16H24FNO2S/c1-12(2)18-16(3,15(19)20-4)10-5-11-21-14-8-6-13(17)7-9-14/h6-9,12,18H,5,10-11H2,1-4H3. The van der Waals surface area contributed by atoms with Crippen molar-refractivity contribution in [3.05, 3.63) is 30.1 Å². The molecule has 0 fully saturated rings. The fourth-order valence-corrected chi connectivity index (χ4v) is 3.10. The second-order valence-electron chi connectivity index (χ2n) is 5.53. The third kappa shape index (κ3) is 6.06. The maximum atomic E-state index is 12.8. The number of rotatable bonds is 8. The summed E-state index contributed by atoms with van der Waals surface area (Å²) >= 11 is 1.66. The molecule has 0 saturated carbocycles. The number of hydrogen-bond donors (Lipinski definition) is 1. The number of carbonyl (C=O) groups is 1. The lowest BCUT2D eigenvalue weighted by atomic mass is 9.95. The highest BCUT2D eigenvalue weighted by Crippen LogP contribution is 2.22. The zero-order chi connectivity index (χ0) is 15.9. The predicted octanol–water partition coefficient (Wildman–Crippen LogP) is 3.63. The quantitative estimate of drug-likeness (QED) is 0.452. The summed E-state index contributed by atoms with van der Waals surface area (Å²) in [5.74, 6) is 0.416. The zero-order valence-corrected chi connectivity index (χ0v) is 13.9. The van der Waals surface area contributed by atoms with Gasteiger partial charge in [-0.1, -0.05) is 0 Å². The maximum Gasteiger partial charge on any atom is 0.325 e. The summed E-state index contributed by atoms with van der Waals surface area (Å²) in [6.07, 6.45) is 1.57. The summed E-state index contributed by atoms with van der Waals surface area (Å²) in [5.41, 5.74) is -0.660. The Kier molecular flexibility index (Phi) is 7.18. The van der Waals surface area contributed by atoms with E-state index in [1.807, 2.05) is 20.8 Å². The predicted molar refractivity (Wildman–Crippen MR) is 85.1 cm³/mol. The van der Waals surface area contributed by atoms with Gasteiger partial charge in [0.15, 0.2) is 0 Å². The van der Waals surface area contributed by atoms with E-state index in [4.69, 9.17) is 4.74 Å². The smallest absolute Gasteiger partial charge is 0.325 e. The number of carbonyl (C=O) groups excluding carboxylic acids is 1. The molecular formula is C16H24FNO2S. The first-order chi connectivity index (χ1) is 9.87. The monoisotopic (exact) mass is 313 g/mol. The largest absolute Gasteiger partial charge is 0.468 e. The molecule has 1 rings (SSSR count). The van der Waals surface area contributed by atoms with Crippen molar-refractivity contribution in [2.24, 2.45) is 0 Å². The third-order valence-electron chi connectivity index (χ3n) is 3.15. The first-order valence-corrected chi connectivity index (χ1v) is 8.10. The van der Waals surface area contributed by atoms with E-state index in [1.54, 1.807) is 23.9 Å². The lowest BCUT2D eigenvalue weighted by Gasteiger charge is -2.30. The molecule has 1 aromatic rings. The van der Waals surface area contributed by atoms with Crippen molar-refractivity contribution in [1.29, 1.82) is 0 Å². The summed E-state index contributed by atoms with van der Waals surface area (Å²) < 4.78 is 17.7. The molecule has 0 heterocycles. The molecule has 1 atom stereocenters. The molecule has 3 nitrogen and oxygen atoms in total. The molecule has 1 unspecified atom stereocenters. The highest BCUT2D eigenvalue weighted by molar-refractivity contribution is 7.99. The number of nitrogens with one attached hydrogen (secondary N) is 1. The Hall–Kier alpha value is -1.07. The minimum Gasteiger partial charge on any atom is -0.468 e. The van der Waals surface area contributed by atoms with Crippen molar-refractivity contribution in [2.75, 3.05) is 12.9 Å². The van der Waals surface area contributed by atoms with Gasteiger partial charge in [-0.3, -0.25) is 10.1 Å². The molecule has 0 aliphatic carbocycles. The molecule has 21 heavy (non-hydrogen) atoms. The number of ether oxygens (including phenoxy) is 1. The van der Waals surface area contributed by atoms with Crippen LogP contribution in [0.1, 0.15) is 33.6 Å². The average molecular weight is 313 g/mol. The van der Waals surface area contributed by atoms with Crippen LogP contribution in [-0.4, -0.2) is 30.4 Å². The molecule has 0 aliphatic rings. The summed E-state index contributed by atoms with van der Waals surface area (Å²) in [6.45, 7) is 5.89. The van der Waals surface area contributed by atoms with E-state index in [1.165, 1.54) is 19.2 Å². The molecule has 0 spiro atoms. The Labute approximate surface area is 130 Å². The van der Waals surface area contributed by atoms with Crippen LogP contribution in [-0.2, 0) is 9.53 Å². The van der Waals surface area contributed by atoms with Gasteiger partial charge in [0.2, 0.25) is 0 Å². The molecule has 1 N–H and O–H groups in total. The average Bonchev–Trinajstić information content (AvgIpc) is 2.44. The Balaban J connectivity index is 2.46. The summed E-state index contributed by atoms with van der Waals surface area (Å²) in [7, 11) is 1.41. The Morgan fingerprint density at radius 3 is 2.52 bits per heavy atom. The van der Waals surface area contributed by atoms with Crippen LogP contribution in [0.15, 0.2) is 29.2 Å². The maximum absolute atomic E-state index is 12.8. The van der Waals surface area contributed by atoms with E-state index in [2.05, 4.69) is 5.32 Å². The van der Waals surface area contributed by atoms with Gasteiger partial charge in [0.25, 0.3) is 0 Å². The van der Waals surface area contributed by atoms with Gasteiger partial charge >= 0.3 is 5.97 Å². The summed E-state index contributed by atoms with van der Waals surface area (Å²) in [4.78, 5) is 13.0. The minimum absolute atomic E-state index is 0.207. The fourth-order valence-electron chi connectivity index (χ4n) is 2.24. The van der Waals surface area contributed by atoms with Crippen LogP contribution < -0.4 is 5.32 Å². The van der Waals surface area contributed by atoms with Crippen LogP contribution >= 0.6 is 11.8 Å². The van der Waals surface area contributed by atoms with Gasteiger partial charge in [-0.25, -0.2) is 4.39 Å². The van der Waals surface area contributed by atoms with E-state index in [0.717, 1.165) is 17.1 Å². The SMILES string of the molecule is COC(=O)C(C)(CCCSc1ccc(F)cc1)NC(C)C. The first-order valence-electron chi connectivity index (χ1n) is 7.12. The molecule has 0 radical (unpaired) electrons. The molecule has 118 valence electrons. The van der Waals surface area contributed by atoms with E-state index in [9.17, 15) is 9.18 Å². The van der Waals surface area contributed by atoms with Crippen molar-refractivity contribution in [3.8, 4) is 0 Å². The number of hydrogen-bond acceptors (Lipinski definition) is 4. The number of esters is 1. The third-order valence-corrected chi connectivity index (χ3v) is 4.24. The van der Waals surface area contributed by atoms with Crippen LogP contribution in [0.4, 0.5) is 4.39 Å². The van der Waals surface area contributed by atoms with Crippen molar-refractivity contribution < 1.29 is 13.9 Å². The Morgan fingerprint density at radius 1 is 1.38 bits per heavy atom. The van der Waals surface area contributed by atoms with Crippen LogP contribution in [0, 0.1) is 5.82 Å².